The maximum atomic E-state index is 12.8. The van der Waals surface area contributed by atoms with Crippen LogP contribution in [-0.2, 0) is 21.4 Å². The molecule has 1 amide bonds. The summed E-state index contributed by atoms with van der Waals surface area (Å²) < 4.78 is 27.3. The number of fused-ring (bicyclic) bond motifs is 1. The summed E-state index contributed by atoms with van der Waals surface area (Å²) in [7, 11) is -3.39. The van der Waals surface area contributed by atoms with Crippen LogP contribution >= 0.6 is 12.4 Å². The van der Waals surface area contributed by atoms with Gasteiger partial charge in [-0.3, -0.25) is 4.79 Å². The molecule has 1 saturated heterocycles. The van der Waals surface area contributed by atoms with Crippen LogP contribution in [0.3, 0.4) is 0 Å². The lowest BCUT2D eigenvalue weighted by atomic mass is 9.81. The van der Waals surface area contributed by atoms with Crippen LogP contribution in [0.25, 0.3) is 0 Å². The molecular formula is C19H28ClN3O3S. The highest BCUT2D eigenvalue weighted by Gasteiger charge is 2.41. The van der Waals surface area contributed by atoms with Crippen molar-refractivity contribution in [2.24, 2.45) is 11.7 Å². The number of carbonyl (C=O) groups excluding carboxylic acids is 1. The van der Waals surface area contributed by atoms with E-state index in [1.807, 2.05) is 17.0 Å². The minimum Gasteiger partial charge on any atom is -0.341 e. The predicted octanol–water partition coefficient (Wildman–Crippen LogP) is 2.12. The number of likely N-dealkylation sites (tertiary alicyclic amines) is 1. The van der Waals surface area contributed by atoms with Gasteiger partial charge in [0.1, 0.15) is 0 Å². The van der Waals surface area contributed by atoms with Gasteiger partial charge in [0.25, 0.3) is 0 Å². The van der Waals surface area contributed by atoms with Gasteiger partial charge in [-0.2, -0.15) is 4.31 Å². The van der Waals surface area contributed by atoms with E-state index in [1.54, 1.807) is 16.4 Å². The predicted molar refractivity (Wildman–Crippen MR) is 106 cm³/mol. The SMILES string of the molecule is Cl.N[C@H](C(=O)N1CCCC1)[C@H]1CC[C@H](N2Cc3ccccc3S2(=O)=O)CC1. The first-order chi connectivity index (χ1) is 12.5. The summed E-state index contributed by atoms with van der Waals surface area (Å²) in [4.78, 5) is 14.9. The van der Waals surface area contributed by atoms with Gasteiger partial charge in [0.2, 0.25) is 15.9 Å². The zero-order chi connectivity index (χ0) is 18.3. The van der Waals surface area contributed by atoms with Crippen LogP contribution in [0.4, 0.5) is 0 Å². The molecule has 1 aliphatic carbocycles. The Morgan fingerprint density at radius 2 is 1.70 bits per heavy atom. The molecule has 1 aromatic rings. The van der Waals surface area contributed by atoms with Crippen LogP contribution < -0.4 is 5.73 Å². The lowest BCUT2D eigenvalue weighted by molar-refractivity contribution is -0.133. The van der Waals surface area contributed by atoms with Crippen molar-refractivity contribution >= 4 is 28.3 Å². The van der Waals surface area contributed by atoms with Gasteiger partial charge in [0.05, 0.1) is 10.9 Å². The number of sulfonamides is 1. The van der Waals surface area contributed by atoms with Crippen LogP contribution in [0.2, 0.25) is 0 Å². The molecule has 2 aliphatic heterocycles. The van der Waals surface area contributed by atoms with Crippen molar-refractivity contribution in [3.8, 4) is 0 Å². The zero-order valence-electron chi connectivity index (χ0n) is 15.4. The maximum Gasteiger partial charge on any atom is 0.243 e. The molecule has 0 radical (unpaired) electrons. The van der Waals surface area contributed by atoms with E-state index >= 15 is 0 Å². The van der Waals surface area contributed by atoms with Crippen molar-refractivity contribution in [2.45, 2.75) is 62.0 Å². The van der Waals surface area contributed by atoms with Gasteiger partial charge in [-0.1, -0.05) is 18.2 Å². The van der Waals surface area contributed by atoms with E-state index in [1.165, 1.54) is 0 Å². The zero-order valence-corrected chi connectivity index (χ0v) is 17.1. The smallest absolute Gasteiger partial charge is 0.243 e. The highest BCUT2D eigenvalue weighted by molar-refractivity contribution is 7.89. The van der Waals surface area contributed by atoms with E-state index in [9.17, 15) is 13.2 Å². The summed E-state index contributed by atoms with van der Waals surface area (Å²) in [6, 6.07) is 6.82. The first-order valence-corrected chi connectivity index (χ1v) is 11.1. The van der Waals surface area contributed by atoms with Gasteiger partial charge < -0.3 is 10.6 Å². The standard InChI is InChI=1S/C19H27N3O3S.ClH/c20-18(19(23)21-11-3-4-12-21)14-7-9-16(10-8-14)22-13-15-5-1-2-6-17(15)26(22,24)25;/h1-2,5-6,14,16,18H,3-4,7-13,20H2;1H/t14-,16-,18-;/m0./s1. The Morgan fingerprint density at radius 3 is 2.33 bits per heavy atom. The van der Waals surface area contributed by atoms with Crippen LogP contribution in [0.5, 0.6) is 0 Å². The van der Waals surface area contributed by atoms with Gasteiger partial charge in [0, 0.05) is 25.7 Å². The largest absolute Gasteiger partial charge is 0.341 e. The molecule has 1 atom stereocenters. The fourth-order valence-electron chi connectivity index (χ4n) is 4.69. The normalized spacial score (nSPS) is 28.4. The summed E-state index contributed by atoms with van der Waals surface area (Å²) in [6.07, 6.45) is 5.32. The van der Waals surface area contributed by atoms with Crippen molar-refractivity contribution in [1.82, 2.24) is 9.21 Å². The third-order valence-electron chi connectivity index (χ3n) is 6.24. The van der Waals surface area contributed by atoms with E-state index in [0.717, 1.165) is 57.2 Å². The second kappa shape index (κ2) is 8.07. The van der Waals surface area contributed by atoms with Crippen molar-refractivity contribution < 1.29 is 13.2 Å². The van der Waals surface area contributed by atoms with Gasteiger partial charge in [-0.15, -0.1) is 12.4 Å². The van der Waals surface area contributed by atoms with E-state index in [0.29, 0.717) is 11.4 Å². The van der Waals surface area contributed by atoms with Gasteiger partial charge >= 0.3 is 0 Å². The number of carbonyl (C=O) groups is 1. The second-order valence-corrected chi connectivity index (χ2v) is 9.64. The number of benzene rings is 1. The molecule has 150 valence electrons. The summed E-state index contributed by atoms with van der Waals surface area (Å²) in [5.41, 5.74) is 7.15. The molecule has 8 heteroatoms. The molecule has 2 fully saturated rings. The molecule has 0 unspecified atom stereocenters. The first-order valence-electron chi connectivity index (χ1n) is 9.62. The average molecular weight is 414 g/mol. The number of halogens is 1. The third-order valence-corrected chi connectivity index (χ3v) is 8.24. The molecule has 3 aliphatic rings. The molecule has 4 rings (SSSR count). The van der Waals surface area contributed by atoms with E-state index in [-0.39, 0.29) is 30.3 Å². The van der Waals surface area contributed by atoms with E-state index < -0.39 is 16.1 Å². The Bertz CT molecular complexity index is 787. The van der Waals surface area contributed by atoms with Crippen LogP contribution in [0.15, 0.2) is 29.2 Å². The van der Waals surface area contributed by atoms with Crippen molar-refractivity contribution in [3.05, 3.63) is 29.8 Å². The lowest BCUT2D eigenvalue weighted by Gasteiger charge is -2.36. The number of hydrogen-bond donors (Lipinski definition) is 1. The molecule has 6 nitrogen and oxygen atoms in total. The van der Waals surface area contributed by atoms with E-state index in [2.05, 4.69) is 0 Å². The van der Waals surface area contributed by atoms with Crippen LogP contribution in [0, 0.1) is 5.92 Å². The number of nitrogens with zero attached hydrogens (tertiary/aromatic N) is 2. The molecule has 2 N–H and O–H groups in total. The number of nitrogens with two attached hydrogens (primary N) is 1. The molecule has 0 spiro atoms. The Labute approximate surface area is 167 Å². The summed E-state index contributed by atoms with van der Waals surface area (Å²) in [6.45, 7) is 2.12. The quantitative estimate of drug-likeness (QED) is 0.822. The molecular weight excluding hydrogens is 386 g/mol. The number of hydrogen-bond acceptors (Lipinski definition) is 4. The second-order valence-electron chi connectivity index (χ2n) is 7.78. The van der Waals surface area contributed by atoms with Crippen molar-refractivity contribution in [1.29, 1.82) is 0 Å². The minimum absolute atomic E-state index is 0. The topological polar surface area (TPSA) is 83.7 Å². The van der Waals surface area contributed by atoms with Gasteiger partial charge in [0.15, 0.2) is 0 Å². The molecule has 1 aromatic carbocycles. The van der Waals surface area contributed by atoms with Crippen molar-refractivity contribution in [2.75, 3.05) is 13.1 Å². The van der Waals surface area contributed by atoms with Crippen LogP contribution in [-0.4, -0.2) is 48.7 Å². The summed E-state index contributed by atoms with van der Waals surface area (Å²) in [5.74, 6) is 0.235. The lowest BCUT2D eigenvalue weighted by Crippen LogP contribution is -2.49. The fourth-order valence-corrected chi connectivity index (χ4v) is 6.57. The monoisotopic (exact) mass is 413 g/mol. The molecule has 1 saturated carbocycles. The molecule has 0 bridgehead atoms. The Balaban J connectivity index is 0.00000210. The highest BCUT2D eigenvalue weighted by atomic mass is 35.5. The van der Waals surface area contributed by atoms with Crippen molar-refractivity contribution in [3.63, 3.8) is 0 Å². The Kier molecular flexibility index (Phi) is 6.15. The van der Waals surface area contributed by atoms with E-state index in [4.69, 9.17) is 5.73 Å². The summed E-state index contributed by atoms with van der Waals surface area (Å²) in [5, 5.41) is 0. The minimum atomic E-state index is -3.39. The molecule has 27 heavy (non-hydrogen) atoms. The van der Waals surface area contributed by atoms with Crippen LogP contribution in [0.1, 0.15) is 44.1 Å². The van der Waals surface area contributed by atoms with Gasteiger partial charge in [-0.25, -0.2) is 8.42 Å². The first kappa shape index (κ1) is 20.6. The number of amides is 1. The third kappa shape index (κ3) is 3.75. The molecule has 2 heterocycles. The highest BCUT2D eigenvalue weighted by Crippen LogP contribution is 2.38. The average Bonchev–Trinajstić information content (AvgIpc) is 3.28. The summed E-state index contributed by atoms with van der Waals surface area (Å²) >= 11 is 0. The Hall–Kier alpha value is -1.15. The maximum absolute atomic E-state index is 12.8. The molecule has 0 aromatic heterocycles. The fraction of sp³-hybridized carbons (Fsp3) is 0.632. The number of rotatable bonds is 3. The Morgan fingerprint density at radius 1 is 1.07 bits per heavy atom. The van der Waals surface area contributed by atoms with Gasteiger partial charge in [-0.05, 0) is 56.1 Å².